The summed E-state index contributed by atoms with van der Waals surface area (Å²) in [5, 5.41) is 9.39. The highest BCUT2D eigenvalue weighted by Crippen LogP contribution is 2.13. The summed E-state index contributed by atoms with van der Waals surface area (Å²) in [6.45, 7) is 1.65. The number of aliphatic hydroxyl groups is 1. The number of aromatic amines is 1. The molecule has 6 nitrogen and oxygen atoms in total. The van der Waals surface area contributed by atoms with Gasteiger partial charge in [-0.3, -0.25) is 9.59 Å². The van der Waals surface area contributed by atoms with Gasteiger partial charge in [0.05, 0.1) is 6.61 Å². The fourth-order valence-electron chi connectivity index (χ4n) is 2.05. The minimum Gasteiger partial charge on any atom is -0.502 e. The number of aliphatic hydroxyl groups excluding tert-OH is 1. The van der Waals surface area contributed by atoms with Crippen LogP contribution >= 0.6 is 0 Å². The Bertz CT molecular complexity index is 895. The van der Waals surface area contributed by atoms with Crippen LogP contribution in [-0.2, 0) is 14.3 Å². The second-order valence-corrected chi connectivity index (χ2v) is 5.17. The van der Waals surface area contributed by atoms with E-state index in [9.17, 15) is 23.9 Å². The summed E-state index contributed by atoms with van der Waals surface area (Å²) in [5.74, 6) is -3.30. The van der Waals surface area contributed by atoms with Crippen LogP contribution in [0.1, 0.15) is 28.5 Å². The monoisotopic (exact) mass is 357 g/mol. The molecule has 0 bridgehead atoms. The number of nitrogens with one attached hydrogen (secondary N) is 1. The minimum absolute atomic E-state index is 0.0748. The van der Waals surface area contributed by atoms with Crippen LogP contribution in [-0.4, -0.2) is 34.2 Å². The van der Waals surface area contributed by atoms with E-state index in [0.717, 1.165) is 18.2 Å². The van der Waals surface area contributed by atoms with Gasteiger partial charge < -0.3 is 14.8 Å². The van der Waals surface area contributed by atoms with E-state index in [1.54, 1.807) is 6.92 Å². The van der Waals surface area contributed by atoms with Crippen LogP contribution in [0.3, 0.4) is 0 Å². The van der Waals surface area contributed by atoms with Gasteiger partial charge in [0.25, 0.3) is 0 Å². The summed E-state index contributed by atoms with van der Waals surface area (Å²) >= 11 is 0. The lowest BCUT2D eigenvalue weighted by Crippen LogP contribution is -2.08. The van der Waals surface area contributed by atoms with Gasteiger partial charge in [-0.15, -0.1) is 0 Å². The van der Waals surface area contributed by atoms with E-state index in [1.807, 2.05) is 0 Å². The van der Waals surface area contributed by atoms with Crippen molar-refractivity contribution in [3.8, 4) is 0 Å². The number of benzene rings is 1. The average molecular weight is 357 g/mol. The zero-order chi connectivity index (χ0) is 19.1. The van der Waals surface area contributed by atoms with E-state index < -0.39 is 23.3 Å². The van der Waals surface area contributed by atoms with Crippen molar-refractivity contribution in [2.24, 2.45) is 0 Å². The largest absolute Gasteiger partial charge is 0.502 e. The fourth-order valence-corrected chi connectivity index (χ4v) is 2.05. The normalized spacial score (nSPS) is 11.5. The van der Waals surface area contributed by atoms with Gasteiger partial charge in [0.15, 0.2) is 11.6 Å². The molecule has 2 N–H and O–H groups in total. The maximum absolute atomic E-state index is 13.2. The van der Waals surface area contributed by atoms with Crippen LogP contribution < -0.4 is 0 Å². The molecule has 1 heterocycles. The quantitative estimate of drug-likeness (QED) is 0.344. The molecular weight excluding hydrogens is 341 g/mol. The van der Waals surface area contributed by atoms with E-state index in [-0.39, 0.29) is 18.0 Å². The zero-order valence-corrected chi connectivity index (χ0v) is 13.9. The maximum Gasteiger partial charge on any atom is 0.373 e. The van der Waals surface area contributed by atoms with Gasteiger partial charge in [-0.25, -0.2) is 9.18 Å². The van der Waals surface area contributed by atoms with Crippen molar-refractivity contribution >= 4 is 23.6 Å². The maximum atomic E-state index is 13.2. The van der Waals surface area contributed by atoms with Gasteiger partial charge in [0.1, 0.15) is 5.82 Å². The van der Waals surface area contributed by atoms with Gasteiger partial charge >= 0.3 is 5.97 Å². The van der Waals surface area contributed by atoms with Crippen molar-refractivity contribution in [1.29, 1.82) is 0 Å². The molecule has 7 heteroatoms. The lowest BCUT2D eigenvalue weighted by Gasteiger charge is -1.98. The van der Waals surface area contributed by atoms with Crippen molar-refractivity contribution in [1.82, 2.24) is 4.98 Å². The summed E-state index contributed by atoms with van der Waals surface area (Å²) in [4.78, 5) is 37.9. The Balaban J connectivity index is 2.07. The van der Waals surface area contributed by atoms with Crippen LogP contribution in [0.25, 0.3) is 6.08 Å². The van der Waals surface area contributed by atoms with Gasteiger partial charge in [0.2, 0.25) is 5.76 Å². The third kappa shape index (κ3) is 5.01. The van der Waals surface area contributed by atoms with E-state index in [1.165, 1.54) is 36.5 Å². The standard InChI is InChI=1S/C19H16FNO5/c1-2-26-19(25)17(23)10-16(22)7-6-15-9-13(11-21-15)18(24)12-4-3-5-14(20)8-12/h3-11,21,23H,2H2,1H3/b7-6+,17-10-. The Morgan fingerprint density at radius 1 is 1.23 bits per heavy atom. The van der Waals surface area contributed by atoms with Crippen molar-refractivity contribution in [2.45, 2.75) is 6.92 Å². The molecule has 2 aromatic rings. The summed E-state index contributed by atoms with van der Waals surface area (Å²) in [6.07, 6.45) is 4.65. The van der Waals surface area contributed by atoms with Crippen LogP contribution in [0.2, 0.25) is 0 Å². The SMILES string of the molecule is CCOC(=O)/C(O)=C/C(=O)/C=C/c1cc(C(=O)c2cccc(F)c2)c[nH]1. The second kappa shape index (κ2) is 8.57. The highest BCUT2D eigenvalue weighted by Gasteiger charge is 2.12. The van der Waals surface area contributed by atoms with Gasteiger partial charge in [-0.1, -0.05) is 12.1 Å². The number of allylic oxidation sites excluding steroid dienone is 2. The molecule has 26 heavy (non-hydrogen) atoms. The van der Waals surface area contributed by atoms with Gasteiger partial charge in [-0.05, 0) is 37.3 Å². The Morgan fingerprint density at radius 2 is 2.00 bits per heavy atom. The van der Waals surface area contributed by atoms with Crippen LogP contribution in [0.15, 0.2) is 54.4 Å². The molecule has 0 atom stereocenters. The highest BCUT2D eigenvalue weighted by atomic mass is 19.1. The fraction of sp³-hybridized carbons (Fsp3) is 0.105. The zero-order valence-electron chi connectivity index (χ0n) is 13.9. The third-order valence-corrected chi connectivity index (χ3v) is 3.25. The number of ketones is 2. The molecule has 0 aliphatic heterocycles. The Kier molecular flexibility index (Phi) is 6.21. The number of aromatic nitrogens is 1. The van der Waals surface area contributed by atoms with E-state index in [4.69, 9.17) is 0 Å². The first-order valence-corrected chi connectivity index (χ1v) is 7.69. The summed E-state index contributed by atoms with van der Waals surface area (Å²) in [5.41, 5.74) is 0.952. The molecule has 0 aliphatic carbocycles. The number of rotatable bonds is 7. The first kappa shape index (κ1) is 18.9. The number of carbonyl (C=O) groups excluding carboxylic acids is 3. The van der Waals surface area contributed by atoms with E-state index in [0.29, 0.717) is 11.3 Å². The predicted octanol–water partition coefficient (Wildman–Crippen LogP) is 2.97. The van der Waals surface area contributed by atoms with Crippen molar-refractivity contribution < 1.29 is 28.6 Å². The van der Waals surface area contributed by atoms with Gasteiger partial charge in [0, 0.05) is 29.1 Å². The van der Waals surface area contributed by atoms with Crippen LogP contribution in [0, 0.1) is 5.82 Å². The number of hydrogen-bond acceptors (Lipinski definition) is 5. The molecule has 1 aromatic heterocycles. The molecule has 2 rings (SSSR count). The molecule has 0 saturated heterocycles. The molecule has 1 aromatic carbocycles. The lowest BCUT2D eigenvalue weighted by atomic mass is 10.1. The Labute approximate surface area is 148 Å². The second-order valence-electron chi connectivity index (χ2n) is 5.17. The topological polar surface area (TPSA) is 96.5 Å². The van der Waals surface area contributed by atoms with E-state index >= 15 is 0 Å². The van der Waals surface area contributed by atoms with Crippen molar-refractivity contribution in [3.63, 3.8) is 0 Å². The number of esters is 1. The summed E-state index contributed by atoms with van der Waals surface area (Å²) in [6, 6.07) is 6.81. The first-order chi connectivity index (χ1) is 12.4. The molecule has 0 fully saturated rings. The molecule has 0 amide bonds. The number of ether oxygens (including phenoxy) is 1. The molecule has 0 saturated carbocycles. The molecular formula is C19H16FNO5. The highest BCUT2D eigenvalue weighted by molar-refractivity contribution is 6.09. The lowest BCUT2D eigenvalue weighted by molar-refractivity contribution is -0.141. The van der Waals surface area contributed by atoms with Crippen LogP contribution in [0.5, 0.6) is 0 Å². The number of halogens is 1. The molecule has 0 aliphatic rings. The smallest absolute Gasteiger partial charge is 0.373 e. The molecule has 0 unspecified atom stereocenters. The number of hydrogen-bond donors (Lipinski definition) is 2. The van der Waals surface area contributed by atoms with Crippen molar-refractivity contribution in [3.05, 3.63) is 77.1 Å². The Hall–Kier alpha value is -3.48. The molecule has 134 valence electrons. The minimum atomic E-state index is -0.989. The number of carbonyl (C=O) groups is 3. The van der Waals surface area contributed by atoms with Gasteiger partial charge in [-0.2, -0.15) is 0 Å². The predicted molar refractivity (Wildman–Crippen MR) is 92.0 cm³/mol. The molecule has 0 spiro atoms. The first-order valence-electron chi connectivity index (χ1n) is 7.69. The summed E-state index contributed by atoms with van der Waals surface area (Å²) in [7, 11) is 0. The van der Waals surface area contributed by atoms with Crippen molar-refractivity contribution in [2.75, 3.05) is 6.61 Å². The summed E-state index contributed by atoms with van der Waals surface area (Å²) < 4.78 is 17.7. The third-order valence-electron chi connectivity index (χ3n) is 3.25. The number of H-pyrrole nitrogens is 1. The van der Waals surface area contributed by atoms with E-state index in [2.05, 4.69) is 9.72 Å². The average Bonchev–Trinajstić information content (AvgIpc) is 3.08. The van der Waals surface area contributed by atoms with Crippen LogP contribution in [0.4, 0.5) is 4.39 Å². The molecule has 0 radical (unpaired) electrons. The Morgan fingerprint density at radius 3 is 2.69 bits per heavy atom.